The van der Waals surface area contributed by atoms with Gasteiger partial charge in [-0.05, 0) is 20.8 Å². The van der Waals surface area contributed by atoms with Gasteiger partial charge in [0.15, 0.2) is 0 Å². The van der Waals surface area contributed by atoms with E-state index in [9.17, 15) is 0 Å². The molecule has 0 spiro atoms. The molecule has 0 amide bonds. The van der Waals surface area contributed by atoms with Gasteiger partial charge < -0.3 is 10.4 Å². The van der Waals surface area contributed by atoms with Gasteiger partial charge in [-0.3, -0.25) is 0 Å². The van der Waals surface area contributed by atoms with Crippen molar-refractivity contribution >= 4 is 11.3 Å². The maximum absolute atomic E-state index is 8.86. The minimum atomic E-state index is 0.122. The molecule has 4 heteroatoms. The van der Waals surface area contributed by atoms with E-state index in [1.54, 1.807) is 11.3 Å². The lowest BCUT2D eigenvalue weighted by molar-refractivity contribution is 0.242. The molecule has 1 aromatic rings. The molecular weight excluding hydrogens is 184 g/mol. The van der Waals surface area contributed by atoms with Crippen molar-refractivity contribution in [3.8, 4) is 0 Å². The standard InChI is InChI=1S/C9H16N2OS/c1-6(4-12)10-7(2)9-5-13-8(3)11-9/h5-7,10,12H,4H2,1-3H3/t6-,7?/m1/s1. The number of aryl methyl sites for hydroxylation is 1. The zero-order valence-electron chi connectivity index (χ0n) is 8.24. The highest BCUT2D eigenvalue weighted by Gasteiger charge is 2.10. The van der Waals surface area contributed by atoms with Crippen LogP contribution in [0.4, 0.5) is 0 Å². The van der Waals surface area contributed by atoms with Gasteiger partial charge in [0.2, 0.25) is 0 Å². The smallest absolute Gasteiger partial charge is 0.0898 e. The summed E-state index contributed by atoms with van der Waals surface area (Å²) < 4.78 is 0. The Labute approximate surface area is 82.8 Å². The summed E-state index contributed by atoms with van der Waals surface area (Å²) in [5.74, 6) is 0. The van der Waals surface area contributed by atoms with Crippen molar-refractivity contribution in [1.82, 2.24) is 10.3 Å². The minimum Gasteiger partial charge on any atom is -0.395 e. The molecule has 1 unspecified atom stereocenters. The zero-order valence-corrected chi connectivity index (χ0v) is 9.06. The second kappa shape index (κ2) is 4.69. The SMILES string of the molecule is Cc1nc(C(C)N[C@H](C)CO)cs1. The first-order chi connectivity index (χ1) is 6.13. The summed E-state index contributed by atoms with van der Waals surface area (Å²) in [5.41, 5.74) is 1.06. The summed E-state index contributed by atoms with van der Waals surface area (Å²) in [6.07, 6.45) is 0. The van der Waals surface area contributed by atoms with Gasteiger partial charge in [0.1, 0.15) is 0 Å². The number of hydrogen-bond acceptors (Lipinski definition) is 4. The van der Waals surface area contributed by atoms with E-state index in [1.165, 1.54) is 0 Å². The lowest BCUT2D eigenvalue weighted by atomic mass is 10.2. The Balaban J connectivity index is 2.53. The van der Waals surface area contributed by atoms with Crippen molar-refractivity contribution in [1.29, 1.82) is 0 Å². The Hall–Kier alpha value is -0.450. The fraction of sp³-hybridized carbons (Fsp3) is 0.667. The van der Waals surface area contributed by atoms with Crippen molar-refractivity contribution in [2.75, 3.05) is 6.61 Å². The van der Waals surface area contributed by atoms with Crippen LogP contribution >= 0.6 is 11.3 Å². The summed E-state index contributed by atoms with van der Waals surface area (Å²) in [4.78, 5) is 4.37. The van der Waals surface area contributed by atoms with E-state index in [0.29, 0.717) is 0 Å². The molecule has 2 atom stereocenters. The molecule has 74 valence electrons. The first-order valence-corrected chi connectivity index (χ1v) is 5.30. The van der Waals surface area contributed by atoms with Gasteiger partial charge in [0, 0.05) is 17.5 Å². The Bertz CT molecular complexity index is 262. The maximum atomic E-state index is 8.86. The summed E-state index contributed by atoms with van der Waals surface area (Å²) in [6.45, 7) is 6.17. The normalized spacial score (nSPS) is 15.7. The van der Waals surface area contributed by atoms with Crippen molar-refractivity contribution in [3.63, 3.8) is 0 Å². The number of aromatic nitrogens is 1. The topological polar surface area (TPSA) is 45.2 Å². The number of aliphatic hydroxyl groups is 1. The van der Waals surface area contributed by atoms with E-state index in [2.05, 4.69) is 22.6 Å². The second-order valence-corrected chi connectivity index (χ2v) is 4.33. The number of nitrogens with zero attached hydrogens (tertiary/aromatic N) is 1. The van der Waals surface area contributed by atoms with E-state index in [0.717, 1.165) is 10.7 Å². The van der Waals surface area contributed by atoms with Crippen LogP contribution in [0.1, 0.15) is 30.6 Å². The Morgan fingerprint density at radius 3 is 2.77 bits per heavy atom. The molecule has 0 bridgehead atoms. The van der Waals surface area contributed by atoms with Gasteiger partial charge >= 0.3 is 0 Å². The molecule has 1 aromatic heterocycles. The van der Waals surface area contributed by atoms with E-state index in [1.807, 2.05) is 13.8 Å². The molecule has 1 heterocycles. The number of rotatable bonds is 4. The van der Waals surface area contributed by atoms with Gasteiger partial charge in [-0.1, -0.05) is 0 Å². The average molecular weight is 200 g/mol. The Kier molecular flexibility index (Phi) is 3.84. The Morgan fingerprint density at radius 2 is 2.31 bits per heavy atom. The average Bonchev–Trinajstić information content (AvgIpc) is 2.51. The zero-order chi connectivity index (χ0) is 9.84. The van der Waals surface area contributed by atoms with Crippen molar-refractivity contribution in [3.05, 3.63) is 16.1 Å². The van der Waals surface area contributed by atoms with Crippen LogP contribution in [0.3, 0.4) is 0 Å². The van der Waals surface area contributed by atoms with Gasteiger partial charge in [-0.25, -0.2) is 4.98 Å². The number of thiazole rings is 1. The minimum absolute atomic E-state index is 0.122. The monoisotopic (exact) mass is 200 g/mol. The second-order valence-electron chi connectivity index (χ2n) is 3.26. The van der Waals surface area contributed by atoms with Crippen molar-refractivity contribution < 1.29 is 5.11 Å². The fourth-order valence-corrected chi connectivity index (χ4v) is 1.85. The van der Waals surface area contributed by atoms with Gasteiger partial charge in [0.25, 0.3) is 0 Å². The summed E-state index contributed by atoms with van der Waals surface area (Å²) in [7, 11) is 0. The van der Waals surface area contributed by atoms with Gasteiger partial charge in [-0.15, -0.1) is 11.3 Å². The lowest BCUT2D eigenvalue weighted by Gasteiger charge is -2.16. The van der Waals surface area contributed by atoms with Crippen LogP contribution in [0.15, 0.2) is 5.38 Å². The van der Waals surface area contributed by atoms with Gasteiger partial charge in [-0.2, -0.15) is 0 Å². The largest absolute Gasteiger partial charge is 0.395 e. The highest BCUT2D eigenvalue weighted by molar-refractivity contribution is 7.09. The number of nitrogens with one attached hydrogen (secondary N) is 1. The fourth-order valence-electron chi connectivity index (χ4n) is 1.14. The summed E-state index contributed by atoms with van der Waals surface area (Å²) >= 11 is 1.65. The lowest BCUT2D eigenvalue weighted by Crippen LogP contribution is -2.31. The van der Waals surface area contributed by atoms with Crippen LogP contribution < -0.4 is 5.32 Å². The van der Waals surface area contributed by atoms with E-state index < -0.39 is 0 Å². The summed E-state index contributed by atoms with van der Waals surface area (Å²) in [5, 5.41) is 15.2. The van der Waals surface area contributed by atoms with Crippen molar-refractivity contribution in [2.45, 2.75) is 32.9 Å². The third-order valence-electron chi connectivity index (χ3n) is 1.89. The molecule has 0 aliphatic rings. The molecule has 0 fully saturated rings. The molecule has 0 radical (unpaired) electrons. The highest BCUT2D eigenvalue weighted by Crippen LogP contribution is 2.15. The van der Waals surface area contributed by atoms with Crippen LogP contribution in [0, 0.1) is 6.92 Å². The first-order valence-electron chi connectivity index (χ1n) is 4.42. The number of aliphatic hydroxyl groups excluding tert-OH is 1. The molecule has 3 nitrogen and oxygen atoms in total. The van der Waals surface area contributed by atoms with Gasteiger partial charge in [0.05, 0.1) is 17.3 Å². The third-order valence-corrected chi connectivity index (χ3v) is 2.68. The molecule has 2 N–H and O–H groups in total. The van der Waals surface area contributed by atoms with E-state index >= 15 is 0 Å². The quantitative estimate of drug-likeness (QED) is 0.774. The van der Waals surface area contributed by atoms with Crippen LogP contribution in [0.2, 0.25) is 0 Å². The molecule has 0 saturated heterocycles. The van der Waals surface area contributed by atoms with Crippen molar-refractivity contribution in [2.24, 2.45) is 0 Å². The van der Waals surface area contributed by atoms with E-state index in [4.69, 9.17) is 5.11 Å². The van der Waals surface area contributed by atoms with E-state index in [-0.39, 0.29) is 18.7 Å². The third kappa shape index (κ3) is 3.06. The van der Waals surface area contributed by atoms with Crippen LogP contribution in [-0.4, -0.2) is 22.7 Å². The Morgan fingerprint density at radius 1 is 1.62 bits per heavy atom. The predicted molar refractivity (Wildman–Crippen MR) is 54.9 cm³/mol. The molecule has 0 aliphatic heterocycles. The molecule has 0 saturated carbocycles. The molecule has 0 aliphatic carbocycles. The molecule has 0 aromatic carbocycles. The van der Waals surface area contributed by atoms with Crippen LogP contribution in [0.5, 0.6) is 0 Å². The van der Waals surface area contributed by atoms with Crippen LogP contribution in [0.25, 0.3) is 0 Å². The summed E-state index contributed by atoms with van der Waals surface area (Å²) in [6, 6.07) is 0.337. The number of hydrogen-bond donors (Lipinski definition) is 2. The van der Waals surface area contributed by atoms with Crippen LogP contribution in [-0.2, 0) is 0 Å². The highest BCUT2D eigenvalue weighted by atomic mass is 32.1. The molecule has 13 heavy (non-hydrogen) atoms. The molecular formula is C9H16N2OS. The molecule has 1 rings (SSSR count). The maximum Gasteiger partial charge on any atom is 0.0898 e. The predicted octanol–water partition coefficient (Wildman–Crippen LogP) is 1.48. The first kappa shape index (κ1) is 10.6.